The number of para-hydroxylation sites is 1. The first-order valence-electron chi connectivity index (χ1n) is 6.92. The highest BCUT2D eigenvalue weighted by Crippen LogP contribution is 2.26. The molecule has 5 heteroatoms. The Bertz CT molecular complexity index is 641. The lowest BCUT2D eigenvalue weighted by Gasteiger charge is -2.13. The van der Waals surface area contributed by atoms with E-state index in [9.17, 15) is 4.79 Å². The van der Waals surface area contributed by atoms with Gasteiger partial charge in [-0.25, -0.2) is 4.79 Å². The van der Waals surface area contributed by atoms with Gasteiger partial charge in [-0.15, -0.1) is 0 Å². The van der Waals surface area contributed by atoms with Gasteiger partial charge in [0, 0.05) is 6.54 Å². The Labute approximate surface area is 135 Å². The first-order chi connectivity index (χ1) is 10.6. The van der Waals surface area contributed by atoms with Crippen LogP contribution < -0.4 is 10.1 Å². The van der Waals surface area contributed by atoms with Crippen molar-refractivity contribution in [3.8, 4) is 5.75 Å². The van der Waals surface area contributed by atoms with E-state index < -0.39 is 5.97 Å². The van der Waals surface area contributed by atoms with Gasteiger partial charge in [0.25, 0.3) is 0 Å². The third-order valence-electron chi connectivity index (χ3n) is 3.11. The Hall–Kier alpha value is -2.20. The van der Waals surface area contributed by atoms with Crippen LogP contribution >= 0.6 is 11.6 Å². The summed E-state index contributed by atoms with van der Waals surface area (Å²) in [7, 11) is 1.34. The molecule has 0 radical (unpaired) electrons. The normalized spacial score (nSPS) is 10.1. The molecule has 116 valence electrons. The average Bonchev–Trinajstić information content (AvgIpc) is 2.53. The van der Waals surface area contributed by atoms with Gasteiger partial charge >= 0.3 is 5.97 Å². The van der Waals surface area contributed by atoms with Crippen LogP contribution in [0.25, 0.3) is 0 Å². The predicted octanol–water partition coefficient (Wildman–Crippen LogP) is 3.93. The van der Waals surface area contributed by atoms with E-state index in [1.54, 1.807) is 18.2 Å². The summed E-state index contributed by atoms with van der Waals surface area (Å²) in [6.45, 7) is 2.99. The number of carbonyl (C=O) groups excluding carboxylic acids is 1. The first-order valence-corrected chi connectivity index (χ1v) is 7.30. The summed E-state index contributed by atoms with van der Waals surface area (Å²) in [5.74, 6) is 0.379. The largest absolute Gasteiger partial charge is 0.492 e. The highest BCUT2D eigenvalue weighted by Gasteiger charge is 2.14. The van der Waals surface area contributed by atoms with Crippen molar-refractivity contribution < 1.29 is 14.3 Å². The molecule has 0 unspecified atom stereocenters. The number of aryl methyl sites for hydroxylation is 1. The minimum absolute atomic E-state index is 0.408. The molecule has 0 bridgehead atoms. The number of anilines is 1. The molecule has 0 saturated heterocycles. The van der Waals surface area contributed by atoms with Crippen molar-refractivity contribution in [3.63, 3.8) is 0 Å². The van der Waals surface area contributed by atoms with Crippen molar-refractivity contribution in [1.82, 2.24) is 0 Å². The standard InChI is InChI=1S/C17H18ClNO3/c1-12-6-8-13(9-7-12)22-11-10-19-16-14(17(20)21-2)4-3-5-15(16)18/h3-9,19H,10-11H2,1-2H3. The van der Waals surface area contributed by atoms with E-state index in [-0.39, 0.29) is 0 Å². The molecule has 0 spiro atoms. The summed E-state index contributed by atoms with van der Waals surface area (Å²) in [5, 5.41) is 3.59. The monoisotopic (exact) mass is 319 g/mol. The van der Waals surface area contributed by atoms with Gasteiger partial charge in [0.15, 0.2) is 0 Å². The number of hydrogen-bond acceptors (Lipinski definition) is 4. The van der Waals surface area contributed by atoms with Gasteiger partial charge in [0.1, 0.15) is 12.4 Å². The van der Waals surface area contributed by atoms with E-state index in [0.717, 1.165) is 5.75 Å². The summed E-state index contributed by atoms with van der Waals surface area (Å²) in [6.07, 6.45) is 0. The van der Waals surface area contributed by atoms with Crippen molar-refractivity contribution in [2.75, 3.05) is 25.6 Å². The first kappa shape index (κ1) is 16.2. The van der Waals surface area contributed by atoms with Crippen LogP contribution in [0, 0.1) is 6.92 Å². The van der Waals surface area contributed by atoms with Gasteiger partial charge in [0.2, 0.25) is 0 Å². The number of methoxy groups -OCH3 is 1. The summed E-state index contributed by atoms with van der Waals surface area (Å²) >= 11 is 6.13. The molecule has 0 aliphatic carbocycles. The SMILES string of the molecule is COC(=O)c1cccc(Cl)c1NCCOc1ccc(C)cc1. The highest BCUT2D eigenvalue weighted by atomic mass is 35.5. The Morgan fingerprint density at radius 2 is 1.91 bits per heavy atom. The van der Waals surface area contributed by atoms with E-state index in [1.807, 2.05) is 31.2 Å². The van der Waals surface area contributed by atoms with Crippen LogP contribution in [0.15, 0.2) is 42.5 Å². The summed E-state index contributed by atoms with van der Waals surface area (Å²) in [4.78, 5) is 11.7. The second-order valence-electron chi connectivity index (χ2n) is 4.74. The molecular weight excluding hydrogens is 302 g/mol. The molecule has 0 atom stereocenters. The molecule has 2 rings (SSSR count). The molecule has 0 amide bonds. The smallest absolute Gasteiger partial charge is 0.340 e. The van der Waals surface area contributed by atoms with Gasteiger partial charge in [-0.2, -0.15) is 0 Å². The van der Waals surface area contributed by atoms with E-state index in [2.05, 4.69) is 5.32 Å². The number of carbonyl (C=O) groups is 1. The summed E-state index contributed by atoms with van der Waals surface area (Å²) in [6, 6.07) is 12.9. The molecule has 4 nitrogen and oxygen atoms in total. The molecule has 0 fully saturated rings. The molecule has 0 aliphatic heterocycles. The quantitative estimate of drug-likeness (QED) is 0.647. The van der Waals surface area contributed by atoms with E-state index in [0.29, 0.717) is 29.4 Å². The van der Waals surface area contributed by atoms with Crippen LogP contribution in [0.1, 0.15) is 15.9 Å². The second kappa shape index (κ2) is 7.71. The zero-order chi connectivity index (χ0) is 15.9. The minimum Gasteiger partial charge on any atom is -0.492 e. The lowest BCUT2D eigenvalue weighted by Crippen LogP contribution is -2.15. The maximum atomic E-state index is 11.7. The fraction of sp³-hybridized carbons (Fsp3) is 0.235. The molecule has 1 N–H and O–H groups in total. The Kier molecular flexibility index (Phi) is 5.67. The number of nitrogens with one attached hydrogen (secondary N) is 1. The van der Waals surface area contributed by atoms with Gasteiger partial charge in [0.05, 0.1) is 23.4 Å². The lowest BCUT2D eigenvalue weighted by atomic mass is 10.2. The molecule has 2 aromatic rings. The Morgan fingerprint density at radius 3 is 2.59 bits per heavy atom. The topological polar surface area (TPSA) is 47.6 Å². The molecule has 0 aliphatic rings. The Balaban J connectivity index is 1.94. The fourth-order valence-corrected chi connectivity index (χ4v) is 2.20. The zero-order valence-electron chi connectivity index (χ0n) is 12.6. The third-order valence-corrected chi connectivity index (χ3v) is 3.43. The Morgan fingerprint density at radius 1 is 1.18 bits per heavy atom. The number of esters is 1. The van der Waals surface area contributed by atoms with Gasteiger partial charge in [-0.1, -0.05) is 35.4 Å². The maximum Gasteiger partial charge on any atom is 0.340 e. The van der Waals surface area contributed by atoms with Crippen molar-refractivity contribution in [1.29, 1.82) is 0 Å². The molecule has 0 aromatic heterocycles. The van der Waals surface area contributed by atoms with Crippen LogP contribution in [0.5, 0.6) is 5.75 Å². The average molecular weight is 320 g/mol. The summed E-state index contributed by atoms with van der Waals surface area (Å²) < 4.78 is 10.4. The minimum atomic E-state index is -0.426. The molecular formula is C17H18ClNO3. The van der Waals surface area contributed by atoms with Gasteiger partial charge in [-0.05, 0) is 31.2 Å². The number of hydrogen-bond donors (Lipinski definition) is 1. The molecule has 22 heavy (non-hydrogen) atoms. The van der Waals surface area contributed by atoms with Crippen molar-refractivity contribution in [2.24, 2.45) is 0 Å². The summed E-state index contributed by atoms with van der Waals surface area (Å²) in [5.41, 5.74) is 2.15. The number of ether oxygens (including phenoxy) is 2. The number of halogens is 1. The van der Waals surface area contributed by atoms with Crippen LogP contribution in [0.3, 0.4) is 0 Å². The van der Waals surface area contributed by atoms with Crippen LogP contribution in [-0.2, 0) is 4.74 Å². The molecule has 0 heterocycles. The number of benzene rings is 2. The van der Waals surface area contributed by atoms with Crippen molar-refractivity contribution >= 4 is 23.3 Å². The fourth-order valence-electron chi connectivity index (χ4n) is 1.96. The van der Waals surface area contributed by atoms with Crippen LogP contribution in [0.2, 0.25) is 5.02 Å². The second-order valence-corrected chi connectivity index (χ2v) is 5.15. The van der Waals surface area contributed by atoms with E-state index in [1.165, 1.54) is 12.7 Å². The molecule has 2 aromatic carbocycles. The predicted molar refractivity (Wildman–Crippen MR) is 88.0 cm³/mol. The third kappa shape index (κ3) is 4.15. The molecule has 0 saturated carbocycles. The lowest BCUT2D eigenvalue weighted by molar-refractivity contribution is 0.0602. The van der Waals surface area contributed by atoms with E-state index in [4.69, 9.17) is 21.1 Å². The van der Waals surface area contributed by atoms with Crippen LogP contribution in [0.4, 0.5) is 5.69 Å². The van der Waals surface area contributed by atoms with Gasteiger partial charge < -0.3 is 14.8 Å². The van der Waals surface area contributed by atoms with Crippen LogP contribution in [-0.4, -0.2) is 26.2 Å². The zero-order valence-corrected chi connectivity index (χ0v) is 13.3. The number of rotatable bonds is 6. The van der Waals surface area contributed by atoms with Gasteiger partial charge in [-0.3, -0.25) is 0 Å². The highest BCUT2D eigenvalue weighted by molar-refractivity contribution is 6.34. The maximum absolute atomic E-state index is 11.7. The van der Waals surface area contributed by atoms with Crippen molar-refractivity contribution in [2.45, 2.75) is 6.92 Å². The van der Waals surface area contributed by atoms with Crippen molar-refractivity contribution in [3.05, 3.63) is 58.6 Å². The van der Waals surface area contributed by atoms with E-state index >= 15 is 0 Å².